The third-order valence-corrected chi connectivity index (χ3v) is 8.64. The molecule has 0 atom stereocenters. The second kappa shape index (κ2) is 7.99. The van der Waals surface area contributed by atoms with Gasteiger partial charge in [0.2, 0.25) is 0 Å². The molecule has 172 valence electrons. The highest BCUT2D eigenvalue weighted by Gasteiger charge is 2.19. The Morgan fingerprint density at radius 3 is 1.92 bits per heavy atom. The zero-order valence-corrected chi connectivity index (χ0v) is 20.8. The first kappa shape index (κ1) is 20.6. The smallest absolute Gasteiger partial charge is 0.0708 e. The minimum absolute atomic E-state index is 1.02. The summed E-state index contributed by atoms with van der Waals surface area (Å²) in [6.07, 6.45) is 2.09. The SMILES string of the molecule is c1ccc(-c2c3ccccc3c(-c3ccc4sc5ccccc5c4c3)c3cnc4ccccc4c23)cc1. The van der Waals surface area contributed by atoms with Crippen molar-refractivity contribution in [2.75, 3.05) is 0 Å². The van der Waals surface area contributed by atoms with Gasteiger partial charge in [-0.25, -0.2) is 0 Å². The topological polar surface area (TPSA) is 12.9 Å². The van der Waals surface area contributed by atoms with E-state index in [1.54, 1.807) is 0 Å². The van der Waals surface area contributed by atoms with Crippen LogP contribution in [0, 0.1) is 0 Å². The molecule has 0 aliphatic rings. The second-order valence-electron chi connectivity index (χ2n) is 9.53. The number of fused-ring (bicyclic) bond motifs is 7. The fraction of sp³-hybridized carbons (Fsp3) is 0. The van der Waals surface area contributed by atoms with Crippen molar-refractivity contribution in [2.45, 2.75) is 0 Å². The van der Waals surface area contributed by atoms with Crippen LogP contribution in [0.2, 0.25) is 0 Å². The average molecular weight is 488 g/mol. The van der Waals surface area contributed by atoms with Crippen LogP contribution in [0.5, 0.6) is 0 Å². The largest absolute Gasteiger partial charge is 0.256 e. The molecule has 0 aliphatic heterocycles. The summed E-state index contributed by atoms with van der Waals surface area (Å²) in [5.41, 5.74) is 6.00. The van der Waals surface area contributed by atoms with E-state index in [9.17, 15) is 0 Å². The van der Waals surface area contributed by atoms with Gasteiger partial charge < -0.3 is 0 Å². The summed E-state index contributed by atoms with van der Waals surface area (Å²) in [6.45, 7) is 0. The van der Waals surface area contributed by atoms with E-state index in [0.29, 0.717) is 0 Å². The number of nitrogens with zero attached hydrogens (tertiary/aromatic N) is 1. The van der Waals surface area contributed by atoms with Crippen molar-refractivity contribution in [2.24, 2.45) is 0 Å². The summed E-state index contributed by atoms with van der Waals surface area (Å²) in [4.78, 5) is 4.94. The monoisotopic (exact) mass is 487 g/mol. The zero-order chi connectivity index (χ0) is 24.3. The quantitative estimate of drug-likeness (QED) is 0.175. The molecular weight excluding hydrogens is 466 g/mol. The molecule has 6 aromatic carbocycles. The van der Waals surface area contributed by atoms with Gasteiger partial charge in [-0.15, -0.1) is 11.3 Å². The Bertz CT molecular complexity index is 2140. The van der Waals surface area contributed by atoms with E-state index in [1.165, 1.54) is 69.4 Å². The van der Waals surface area contributed by atoms with Gasteiger partial charge >= 0.3 is 0 Å². The van der Waals surface area contributed by atoms with Gasteiger partial charge in [-0.1, -0.05) is 97.1 Å². The Kier molecular flexibility index (Phi) is 4.46. The van der Waals surface area contributed by atoms with Gasteiger partial charge in [-0.3, -0.25) is 4.98 Å². The fourth-order valence-electron chi connectivity index (χ4n) is 5.90. The van der Waals surface area contributed by atoms with Crippen molar-refractivity contribution in [3.63, 3.8) is 0 Å². The molecule has 0 N–H and O–H groups in total. The molecule has 8 aromatic rings. The van der Waals surface area contributed by atoms with E-state index >= 15 is 0 Å². The van der Waals surface area contributed by atoms with Crippen LogP contribution >= 0.6 is 11.3 Å². The molecule has 37 heavy (non-hydrogen) atoms. The Morgan fingerprint density at radius 2 is 1.08 bits per heavy atom. The minimum atomic E-state index is 1.02. The first-order valence-corrected chi connectivity index (χ1v) is 13.4. The van der Waals surface area contributed by atoms with E-state index < -0.39 is 0 Å². The lowest BCUT2D eigenvalue weighted by Crippen LogP contribution is -1.93. The first-order valence-electron chi connectivity index (χ1n) is 12.6. The maximum absolute atomic E-state index is 4.94. The van der Waals surface area contributed by atoms with Crippen LogP contribution in [0.25, 0.3) is 74.9 Å². The summed E-state index contributed by atoms with van der Waals surface area (Å²) in [7, 11) is 0. The number of hydrogen-bond donors (Lipinski definition) is 0. The van der Waals surface area contributed by atoms with Crippen LogP contribution in [-0.4, -0.2) is 4.98 Å². The molecule has 0 fully saturated rings. The van der Waals surface area contributed by atoms with Crippen molar-refractivity contribution in [1.29, 1.82) is 0 Å². The molecule has 0 spiro atoms. The Morgan fingerprint density at radius 1 is 0.432 bits per heavy atom. The molecule has 2 aromatic heterocycles. The van der Waals surface area contributed by atoms with E-state index in [1.807, 2.05) is 11.3 Å². The van der Waals surface area contributed by atoms with Crippen molar-refractivity contribution in [1.82, 2.24) is 4.98 Å². The summed E-state index contributed by atoms with van der Waals surface area (Å²) < 4.78 is 2.65. The Labute approximate surface area is 218 Å². The molecule has 0 bridgehead atoms. The van der Waals surface area contributed by atoms with Gasteiger partial charge in [0.15, 0.2) is 0 Å². The maximum atomic E-state index is 4.94. The van der Waals surface area contributed by atoms with Crippen LogP contribution in [-0.2, 0) is 0 Å². The predicted molar refractivity (Wildman–Crippen MR) is 161 cm³/mol. The number of thiophene rings is 1. The molecule has 0 amide bonds. The van der Waals surface area contributed by atoms with Gasteiger partial charge in [0.1, 0.15) is 0 Å². The molecule has 1 nitrogen and oxygen atoms in total. The summed E-state index contributed by atoms with van der Waals surface area (Å²) in [6, 6.07) is 43.8. The lowest BCUT2D eigenvalue weighted by molar-refractivity contribution is 1.45. The molecule has 8 rings (SSSR count). The molecule has 2 heteroatoms. The van der Waals surface area contributed by atoms with Crippen molar-refractivity contribution in [3.05, 3.63) is 128 Å². The van der Waals surface area contributed by atoms with Gasteiger partial charge in [-0.2, -0.15) is 0 Å². The van der Waals surface area contributed by atoms with E-state index in [4.69, 9.17) is 4.98 Å². The molecule has 0 aliphatic carbocycles. The number of hydrogen-bond acceptors (Lipinski definition) is 2. The number of aromatic nitrogens is 1. The second-order valence-corrected chi connectivity index (χ2v) is 10.6. The molecule has 2 heterocycles. The number of pyridine rings is 1. The Hall–Kier alpha value is -4.53. The van der Waals surface area contributed by atoms with Crippen LogP contribution in [0.1, 0.15) is 0 Å². The summed E-state index contributed by atoms with van der Waals surface area (Å²) in [5, 5.41) is 8.80. The van der Waals surface area contributed by atoms with E-state index in [2.05, 4.69) is 128 Å². The van der Waals surface area contributed by atoms with Crippen molar-refractivity contribution in [3.8, 4) is 22.3 Å². The molecule has 0 unspecified atom stereocenters. The van der Waals surface area contributed by atoms with Crippen LogP contribution < -0.4 is 0 Å². The minimum Gasteiger partial charge on any atom is -0.256 e. The lowest BCUT2D eigenvalue weighted by atomic mass is 9.85. The number of benzene rings is 6. The van der Waals surface area contributed by atoms with Gasteiger partial charge in [0.25, 0.3) is 0 Å². The standard InChI is InChI=1S/C35H21NS/c1-2-10-22(11-3-1)34-26-14-5-4-13-25(26)33(29-21-36-30-16-8-6-15-27(30)35(29)34)23-18-19-32-28(20-23)24-12-7-9-17-31(24)37-32/h1-21H. The highest BCUT2D eigenvalue weighted by molar-refractivity contribution is 7.25. The normalized spacial score (nSPS) is 11.8. The number of rotatable bonds is 2. The molecule has 0 saturated carbocycles. The summed E-state index contributed by atoms with van der Waals surface area (Å²) >= 11 is 1.86. The van der Waals surface area contributed by atoms with Crippen LogP contribution in [0.4, 0.5) is 0 Å². The molecule has 0 radical (unpaired) electrons. The van der Waals surface area contributed by atoms with Crippen molar-refractivity contribution < 1.29 is 0 Å². The van der Waals surface area contributed by atoms with Crippen LogP contribution in [0.15, 0.2) is 128 Å². The van der Waals surface area contributed by atoms with Crippen molar-refractivity contribution >= 4 is 64.0 Å². The fourth-order valence-corrected chi connectivity index (χ4v) is 6.98. The third kappa shape index (κ3) is 3.06. The van der Waals surface area contributed by atoms with Gasteiger partial charge in [0, 0.05) is 42.5 Å². The highest BCUT2D eigenvalue weighted by atomic mass is 32.1. The zero-order valence-electron chi connectivity index (χ0n) is 20.0. The first-order chi connectivity index (χ1) is 18.4. The average Bonchev–Trinajstić information content (AvgIpc) is 3.34. The predicted octanol–water partition coefficient (Wildman–Crippen LogP) is 10.2. The molecule has 0 saturated heterocycles. The van der Waals surface area contributed by atoms with Gasteiger partial charge in [0.05, 0.1) is 5.52 Å². The van der Waals surface area contributed by atoms with E-state index in [-0.39, 0.29) is 0 Å². The van der Waals surface area contributed by atoms with E-state index in [0.717, 1.165) is 5.52 Å². The lowest BCUT2D eigenvalue weighted by Gasteiger charge is -2.19. The highest BCUT2D eigenvalue weighted by Crippen LogP contribution is 2.46. The maximum Gasteiger partial charge on any atom is 0.0708 e. The van der Waals surface area contributed by atoms with Gasteiger partial charge in [-0.05, 0) is 57.3 Å². The molecular formula is C35H21NS. The summed E-state index contributed by atoms with van der Waals surface area (Å²) in [5.74, 6) is 0. The van der Waals surface area contributed by atoms with Crippen LogP contribution in [0.3, 0.4) is 0 Å². The Balaban J connectivity index is 1.59. The number of para-hydroxylation sites is 1. The third-order valence-electron chi connectivity index (χ3n) is 7.49.